The number of hydrogen-bond donors (Lipinski definition) is 0. The maximum Gasteiger partial charge on any atom is 0.157 e. The van der Waals surface area contributed by atoms with Crippen LogP contribution in [0.5, 0.6) is 5.75 Å². The normalized spacial score (nSPS) is 11.9. The second-order valence-corrected chi connectivity index (χ2v) is 3.59. The van der Waals surface area contributed by atoms with E-state index in [4.69, 9.17) is 9.57 Å². The third kappa shape index (κ3) is 5.18. The molecule has 0 radical (unpaired) electrons. The number of hydrogen-bond acceptors (Lipinski definition) is 3. The molecule has 0 saturated heterocycles. The molecule has 0 saturated carbocycles. The molecule has 3 nitrogen and oxygen atoms in total. The molecule has 0 atom stereocenters. The molecule has 82 valence electrons. The zero-order valence-corrected chi connectivity index (χ0v) is 9.43. The molecule has 0 N–H and O–H groups in total. The third-order valence-corrected chi connectivity index (χ3v) is 1.68. The fraction of sp³-hybridized carbons (Fsp3) is 0.417. The van der Waals surface area contributed by atoms with Crippen LogP contribution in [-0.2, 0) is 4.74 Å². The molecule has 1 aromatic carbocycles. The lowest BCUT2D eigenvalue weighted by atomic mass is 10.3. The van der Waals surface area contributed by atoms with Gasteiger partial charge in [0.05, 0.1) is 18.4 Å². The van der Waals surface area contributed by atoms with Crippen molar-refractivity contribution < 1.29 is 9.57 Å². The van der Waals surface area contributed by atoms with Crippen LogP contribution in [0.2, 0.25) is 0 Å². The second kappa shape index (κ2) is 6.19. The molecule has 0 spiro atoms. The Bertz CT molecular complexity index is 307. The molecule has 1 aromatic rings. The number of oxime groups is 1. The third-order valence-electron chi connectivity index (χ3n) is 1.68. The van der Waals surface area contributed by atoms with Crippen molar-refractivity contribution in [3.63, 3.8) is 0 Å². The van der Waals surface area contributed by atoms with E-state index in [0.29, 0.717) is 6.61 Å². The van der Waals surface area contributed by atoms with Crippen molar-refractivity contribution in [1.29, 1.82) is 0 Å². The smallest absolute Gasteiger partial charge is 0.157 e. The Morgan fingerprint density at radius 2 is 1.93 bits per heavy atom. The van der Waals surface area contributed by atoms with Crippen LogP contribution in [0.1, 0.15) is 20.8 Å². The van der Waals surface area contributed by atoms with Gasteiger partial charge in [0.25, 0.3) is 0 Å². The molecular formula is C12H17NO2. The van der Waals surface area contributed by atoms with Crippen LogP contribution in [0.25, 0.3) is 0 Å². The topological polar surface area (TPSA) is 30.8 Å². The van der Waals surface area contributed by atoms with Gasteiger partial charge in [-0.15, -0.1) is 0 Å². The Morgan fingerprint density at radius 3 is 2.53 bits per heavy atom. The van der Waals surface area contributed by atoms with Gasteiger partial charge in [0.1, 0.15) is 0 Å². The summed E-state index contributed by atoms with van der Waals surface area (Å²) in [5.74, 6) is 0.737. The van der Waals surface area contributed by atoms with E-state index in [1.54, 1.807) is 0 Å². The van der Waals surface area contributed by atoms with E-state index >= 15 is 0 Å². The minimum Gasteiger partial charge on any atom is -0.373 e. The lowest BCUT2D eigenvalue weighted by Gasteiger charge is -2.06. The van der Waals surface area contributed by atoms with E-state index in [2.05, 4.69) is 5.16 Å². The maximum atomic E-state index is 5.38. The first-order valence-corrected chi connectivity index (χ1v) is 5.05. The van der Waals surface area contributed by atoms with E-state index in [1.807, 2.05) is 51.1 Å². The van der Waals surface area contributed by atoms with E-state index < -0.39 is 0 Å². The Hall–Kier alpha value is -1.35. The molecule has 0 aliphatic carbocycles. The zero-order chi connectivity index (χ0) is 11.1. The number of ether oxygens (including phenoxy) is 1. The van der Waals surface area contributed by atoms with E-state index in [9.17, 15) is 0 Å². The van der Waals surface area contributed by atoms with E-state index in [1.165, 1.54) is 0 Å². The highest BCUT2D eigenvalue weighted by Crippen LogP contribution is 2.08. The first kappa shape index (κ1) is 11.7. The molecule has 0 bridgehead atoms. The average molecular weight is 207 g/mol. The molecule has 0 aliphatic heterocycles. The van der Waals surface area contributed by atoms with Crippen LogP contribution in [-0.4, -0.2) is 18.4 Å². The molecular weight excluding hydrogens is 190 g/mol. The summed E-state index contributed by atoms with van der Waals surface area (Å²) in [4.78, 5) is 5.21. The minimum absolute atomic E-state index is 0.215. The minimum atomic E-state index is 0.215. The fourth-order valence-corrected chi connectivity index (χ4v) is 0.926. The maximum absolute atomic E-state index is 5.38. The molecule has 0 amide bonds. The molecule has 0 aromatic heterocycles. The van der Waals surface area contributed by atoms with Gasteiger partial charge in [-0.3, -0.25) is 0 Å². The monoisotopic (exact) mass is 207 g/mol. The van der Waals surface area contributed by atoms with Gasteiger partial charge in [-0.05, 0) is 32.9 Å². The summed E-state index contributed by atoms with van der Waals surface area (Å²) in [5, 5.41) is 3.96. The standard InChI is InChI=1S/C12H17NO2/c1-10(2)14-9-11(3)13-15-12-7-5-4-6-8-12/h4-8,10H,9H2,1-3H3/b13-11+. The fourth-order valence-electron chi connectivity index (χ4n) is 0.926. The molecule has 15 heavy (non-hydrogen) atoms. The van der Waals surface area contributed by atoms with Gasteiger partial charge < -0.3 is 9.57 Å². The zero-order valence-electron chi connectivity index (χ0n) is 9.43. The van der Waals surface area contributed by atoms with Gasteiger partial charge >= 0.3 is 0 Å². The molecule has 0 unspecified atom stereocenters. The summed E-state index contributed by atoms with van der Waals surface area (Å²) in [7, 11) is 0. The molecule has 1 rings (SSSR count). The molecule has 3 heteroatoms. The number of benzene rings is 1. The van der Waals surface area contributed by atoms with Crippen molar-refractivity contribution in [2.45, 2.75) is 26.9 Å². The van der Waals surface area contributed by atoms with Crippen molar-refractivity contribution in [1.82, 2.24) is 0 Å². The van der Waals surface area contributed by atoms with Crippen LogP contribution in [0.15, 0.2) is 35.5 Å². The van der Waals surface area contributed by atoms with Gasteiger partial charge in [0, 0.05) is 0 Å². The van der Waals surface area contributed by atoms with Gasteiger partial charge in [-0.2, -0.15) is 0 Å². The highest BCUT2D eigenvalue weighted by molar-refractivity contribution is 5.82. The Balaban J connectivity index is 2.37. The van der Waals surface area contributed by atoms with Gasteiger partial charge in [0.15, 0.2) is 5.75 Å². The lowest BCUT2D eigenvalue weighted by molar-refractivity contribution is 0.109. The number of para-hydroxylation sites is 1. The number of rotatable bonds is 5. The van der Waals surface area contributed by atoms with Crippen LogP contribution >= 0.6 is 0 Å². The summed E-state index contributed by atoms with van der Waals surface area (Å²) in [6.45, 7) is 6.37. The lowest BCUT2D eigenvalue weighted by Crippen LogP contribution is -2.11. The summed E-state index contributed by atoms with van der Waals surface area (Å²) < 4.78 is 5.38. The van der Waals surface area contributed by atoms with Crippen molar-refractivity contribution in [2.75, 3.05) is 6.61 Å². The SMILES string of the molecule is C/C(COC(C)C)=N\Oc1ccccc1. The number of nitrogens with zero attached hydrogens (tertiary/aromatic N) is 1. The van der Waals surface area contributed by atoms with Gasteiger partial charge in [-0.1, -0.05) is 23.4 Å². The largest absolute Gasteiger partial charge is 0.373 e. The van der Waals surface area contributed by atoms with Crippen molar-refractivity contribution in [2.24, 2.45) is 5.16 Å². The molecule has 0 aliphatic rings. The van der Waals surface area contributed by atoms with Crippen molar-refractivity contribution in [3.05, 3.63) is 30.3 Å². The first-order chi connectivity index (χ1) is 7.18. The van der Waals surface area contributed by atoms with E-state index in [-0.39, 0.29) is 6.10 Å². The summed E-state index contributed by atoms with van der Waals surface area (Å²) >= 11 is 0. The molecule has 0 heterocycles. The van der Waals surface area contributed by atoms with Crippen LogP contribution < -0.4 is 4.84 Å². The Labute approximate surface area is 90.7 Å². The summed E-state index contributed by atoms with van der Waals surface area (Å²) in [5.41, 5.74) is 0.826. The van der Waals surface area contributed by atoms with Crippen molar-refractivity contribution >= 4 is 5.71 Å². The van der Waals surface area contributed by atoms with Gasteiger partial charge in [0.2, 0.25) is 0 Å². The Morgan fingerprint density at radius 1 is 1.27 bits per heavy atom. The predicted octanol–water partition coefficient (Wildman–Crippen LogP) is 2.87. The predicted molar refractivity (Wildman–Crippen MR) is 61.3 cm³/mol. The summed E-state index contributed by atoms with van der Waals surface area (Å²) in [6.07, 6.45) is 0.215. The van der Waals surface area contributed by atoms with Crippen LogP contribution in [0.4, 0.5) is 0 Å². The van der Waals surface area contributed by atoms with Crippen molar-refractivity contribution in [3.8, 4) is 5.75 Å². The van der Waals surface area contributed by atoms with Crippen LogP contribution in [0.3, 0.4) is 0 Å². The van der Waals surface area contributed by atoms with Crippen LogP contribution in [0, 0.1) is 0 Å². The highest BCUT2D eigenvalue weighted by Gasteiger charge is 1.96. The Kier molecular flexibility index (Phi) is 4.84. The summed E-state index contributed by atoms with van der Waals surface area (Å²) in [6, 6.07) is 9.47. The molecule has 0 fully saturated rings. The highest BCUT2D eigenvalue weighted by atomic mass is 16.6. The van der Waals surface area contributed by atoms with E-state index in [0.717, 1.165) is 11.5 Å². The quantitative estimate of drug-likeness (QED) is 0.549. The first-order valence-electron chi connectivity index (χ1n) is 5.05. The van der Waals surface area contributed by atoms with Gasteiger partial charge in [-0.25, -0.2) is 0 Å². The second-order valence-electron chi connectivity index (χ2n) is 3.59. The average Bonchev–Trinajstić information content (AvgIpc) is 2.25.